The average molecular weight is 244 g/mol. The minimum atomic E-state index is 0.404. The summed E-state index contributed by atoms with van der Waals surface area (Å²) < 4.78 is 0. The molecule has 86 valence electrons. The van der Waals surface area contributed by atoms with E-state index in [1.54, 1.807) is 6.20 Å². The highest BCUT2D eigenvalue weighted by Crippen LogP contribution is 2.20. The van der Waals surface area contributed by atoms with E-state index in [4.69, 9.17) is 18.0 Å². The fourth-order valence-electron chi connectivity index (χ4n) is 1.46. The first-order valence-corrected chi connectivity index (χ1v) is 5.49. The van der Waals surface area contributed by atoms with E-state index in [0.29, 0.717) is 4.99 Å². The van der Waals surface area contributed by atoms with Gasteiger partial charge < -0.3 is 10.6 Å². The molecule has 0 amide bonds. The molecule has 0 spiro atoms. The van der Waals surface area contributed by atoms with Gasteiger partial charge in [-0.3, -0.25) is 0 Å². The molecule has 0 saturated carbocycles. The molecule has 0 aliphatic heterocycles. The van der Waals surface area contributed by atoms with E-state index in [1.807, 2.05) is 42.3 Å². The van der Waals surface area contributed by atoms with Gasteiger partial charge in [-0.25, -0.2) is 9.97 Å². The third-order valence-corrected chi connectivity index (χ3v) is 2.68. The molecule has 0 radical (unpaired) electrons. The van der Waals surface area contributed by atoms with Crippen LogP contribution in [0.15, 0.2) is 42.9 Å². The van der Waals surface area contributed by atoms with Crippen LogP contribution in [0.2, 0.25) is 0 Å². The predicted octanol–water partition coefficient (Wildman–Crippen LogP) is 1.88. The minimum absolute atomic E-state index is 0.404. The molecular weight excluding hydrogens is 232 g/mol. The molecule has 1 aromatic carbocycles. The van der Waals surface area contributed by atoms with Gasteiger partial charge in [0.25, 0.3) is 0 Å². The Bertz CT molecular complexity index is 510. The first-order chi connectivity index (χ1) is 8.18. The summed E-state index contributed by atoms with van der Waals surface area (Å²) in [6.07, 6.45) is 3.23. The van der Waals surface area contributed by atoms with Gasteiger partial charge in [0.1, 0.15) is 17.1 Å². The Morgan fingerprint density at radius 1 is 1.24 bits per heavy atom. The molecule has 1 heterocycles. The van der Waals surface area contributed by atoms with Gasteiger partial charge in [0, 0.05) is 24.5 Å². The van der Waals surface area contributed by atoms with Crippen molar-refractivity contribution < 1.29 is 0 Å². The molecule has 5 heteroatoms. The first-order valence-electron chi connectivity index (χ1n) is 5.08. The SMILES string of the molecule is CN(c1ccc(C(N)=S)cc1)c1ccncn1. The van der Waals surface area contributed by atoms with Crippen molar-refractivity contribution in [2.75, 3.05) is 11.9 Å². The number of thiocarbonyl (C=S) groups is 1. The second-order valence-corrected chi connectivity index (χ2v) is 3.98. The van der Waals surface area contributed by atoms with E-state index in [0.717, 1.165) is 17.1 Å². The molecule has 0 aliphatic carbocycles. The summed E-state index contributed by atoms with van der Waals surface area (Å²) in [5.74, 6) is 0.836. The Kier molecular flexibility index (Phi) is 3.30. The van der Waals surface area contributed by atoms with Crippen LogP contribution in [0.25, 0.3) is 0 Å². The number of benzene rings is 1. The minimum Gasteiger partial charge on any atom is -0.389 e. The number of rotatable bonds is 3. The summed E-state index contributed by atoms with van der Waals surface area (Å²) in [4.78, 5) is 10.4. The Labute approximate surface area is 105 Å². The zero-order chi connectivity index (χ0) is 12.3. The zero-order valence-corrected chi connectivity index (χ0v) is 10.2. The van der Waals surface area contributed by atoms with Crippen molar-refractivity contribution in [1.29, 1.82) is 0 Å². The fourth-order valence-corrected chi connectivity index (χ4v) is 1.60. The quantitative estimate of drug-likeness (QED) is 0.835. The van der Waals surface area contributed by atoms with E-state index < -0.39 is 0 Å². The van der Waals surface area contributed by atoms with Crippen LogP contribution < -0.4 is 10.6 Å². The summed E-state index contributed by atoms with van der Waals surface area (Å²) in [7, 11) is 1.94. The van der Waals surface area contributed by atoms with E-state index in [2.05, 4.69) is 9.97 Å². The van der Waals surface area contributed by atoms with Crippen LogP contribution in [0, 0.1) is 0 Å². The highest BCUT2D eigenvalue weighted by Gasteiger charge is 2.04. The van der Waals surface area contributed by atoms with E-state index in [1.165, 1.54) is 6.33 Å². The second kappa shape index (κ2) is 4.88. The summed E-state index contributed by atoms with van der Waals surface area (Å²) in [6, 6.07) is 9.55. The zero-order valence-electron chi connectivity index (χ0n) is 9.37. The molecule has 0 atom stereocenters. The third kappa shape index (κ3) is 2.57. The van der Waals surface area contributed by atoms with Crippen molar-refractivity contribution in [3.8, 4) is 0 Å². The maximum Gasteiger partial charge on any atom is 0.136 e. The van der Waals surface area contributed by atoms with Gasteiger partial charge >= 0.3 is 0 Å². The first kappa shape index (κ1) is 11.5. The van der Waals surface area contributed by atoms with Crippen molar-refractivity contribution in [2.24, 2.45) is 5.73 Å². The summed E-state index contributed by atoms with van der Waals surface area (Å²) in [6.45, 7) is 0. The molecule has 17 heavy (non-hydrogen) atoms. The van der Waals surface area contributed by atoms with Gasteiger partial charge in [0.05, 0.1) is 0 Å². The Hall–Kier alpha value is -2.01. The molecule has 0 saturated heterocycles. The van der Waals surface area contributed by atoms with E-state index in [-0.39, 0.29) is 0 Å². The van der Waals surface area contributed by atoms with Crippen LogP contribution in [0.3, 0.4) is 0 Å². The third-order valence-electron chi connectivity index (χ3n) is 2.45. The molecule has 4 nitrogen and oxygen atoms in total. The fraction of sp³-hybridized carbons (Fsp3) is 0.0833. The smallest absolute Gasteiger partial charge is 0.136 e. The van der Waals surface area contributed by atoms with Crippen LogP contribution in [-0.4, -0.2) is 22.0 Å². The largest absolute Gasteiger partial charge is 0.389 e. The van der Waals surface area contributed by atoms with Gasteiger partial charge in [0.2, 0.25) is 0 Å². The van der Waals surface area contributed by atoms with Crippen molar-refractivity contribution in [3.63, 3.8) is 0 Å². The standard InChI is InChI=1S/C12H12N4S/c1-16(11-6-7-14-8-15-11)10-4-2-9(3-5-10)12(13)17/h2-8H,1H3,(H2,13,17). The lowest BCUT2D eigenvalue weighted by Crippen LogP contribution is -2.12. The predicted molar refractivity (Wildman–Crippen MR) is 72.4 cm³/mol. The Balaban J connectivity index is 2.26. The summed E-state index contributed by atoms with van der Waals surface area (Å²) in [5, 5.41) is 0. The number of aromatic nitrogens is 2. The molecule has 0 aliphatic rings. The topological polar surface area (TPSA) is 55.0 Å². The molecule has 0 fully saturated rings. The summed E-state index contributed by atoms with van der Waals surface area (Å²) in [5.41, 5.74) is 7.43. The monoisotopic (exact) mass is 244 g/mol. The number of anilines is 2. The maximum atomic E-state index is 5.55. The molecule has 2 aromatic rings. The number of hydrogen-bond donors (Lipinski definition) is 1. The average Bonchev–Trinajstić information content (AvgIpc) is 2.39. The summed E-state index contributed by atoms with van der Waals surface area (Å²) >= 11 is 4.91. The lowest BCUT2D eigenvalue weighted by atomic mass is 10.2. The van der Waals surface area contributed by atoms with Gasteiger partial charge in [-0.2, -0.15) is 0 Å². The highest BCUT2D eigenvalue weighted by molar-refractivity contribution is 7.80. The molecule has 2 rings (SSSR count). The lowest BCUT2D eigenvalue weighted by Gasteiger charge is -2.17. The van der Waals surface area contributed by atoms with Gasteiger partial charge in [-0.05, 0) is 30.3 Å². The van der Waals surface area contributed by atoms with Crippen LogP contribution in [0.5, 0.6) is 0 Å². The van der Waals surface area contributed by atoms with Crippen LogP contribution in [0.4, 0.5) is 11.5 Å². The van der Waals surface area contributed by atoms with Crippen LogP contribution >= 0.6 is 12.2 Å². The highest BCUT2D eigenvalue weighted by atomic mass is 32.1. The maximum absolute atomic E-state index is 5.55. The molecule has 1 aromatic heterocycles. The van der Waals surface area contributed by atoms with Crippen LogP contribution in [0.1, 0.15) is 5.56 Å². The Morgan fingerprint density at radius 3 is 2.47 bits per heavy atom. The molecule has 0 bridgehead atoms. The molecular formula is C12H12N4S. The van der Waals surface area contributed by atoms with Crippen molar-refractivity contribution >= 4 is 28.7 Å². The van der Waals surface area contributed by atoms with E-state index in [9.17, 15) is 0 Å². The van der Waals surface area contributed by atoms with Crippen LogP contribution in [-0.2, 0) is 0 Å². The van der Waals surface area contributed by atoms with Gasteiger partial charge in [-0.1, -0.05) is 12.2 Å². The number of nitrogens with zero attached hydrogens (tertiary/aromatic N) is 3. The number of nitrogens with two attached hydrogens (primary N) is 1. The number of hydrogen-bond acceptors (Lipinski definition) is 4. The van der Waals surface area contributed by atoms with Crippen molar-refractivity contribution in [2.45, 2.75) is 0 Å². The van der Waals surface area contributed by atoms with Gasteiger partial charge in [0.15, 0.2) is 0 Å². The lowest BCUT2D eigenvalue weighted by molar-refractivity contribution is 1.08. The Morgan fingerprint density at radius 2 is 1.94 bits per heavy atom. The van der Waals surface area contributed by atoms with E-state index >= 15 is 0 Å². The second-order valence-electron chi connectivity index (χ2n) is 3.54. The van der Waals surface area contributed by atoms with Gasteiger partial charge in [-0.15, -0.1) is 0 Å². The van der Waals surface area contributed by atoms with Crippen molar-refractivity contribution in [3.05, 3.63) is 48.4 Å². The molecule has 0 unspecified atom stereocenters. The molecule has 2 N–H and O–H groups in total. The normalized spacial score (nSPS) is 9.94. The van der Waals surface area contributed by atoms with Crippen molar-refractivity contribution in [1.82, 2.24) is 9.97 Å².